The third kappa shape index (κ3) is 4.09. The number of carbonyl (C=O) groups excluding carboxylic acids is 1. The van der Waals surface area contributed by atoms with E-state index in [1.807, 2.05) is 0 Å². The largest absolute Gasteiger partial charge is 0.325 e. The molecule has 2 rings (SSSR count). The highest BCUT2D eigenvalue weighted by molar-refractivity contribution is 7.90. The number of anilines is 2. The Morgan fingerprint density at radius 3 is 2.21 bits per heavy atom. The first-order valence-corrected chi connectivity index (χ1v) is 8.51. The fourth-order valence-electron chi connectivity index (χ4n) is 1.99. The molecular formula is C16H18FN3O3S. The van der Waals surface area contributed by atoms with Crippen molar-refractivity contribution in [2.45, 2.75) is 0 Å². The molecule has 0 bridgehead atoms. The van der Waals surface area contributed by atoms with Gasteiger partial charge in [-0.15, -0.1) is 0 Å². The SMILES string of the molecule is CN(C)S(=O)(=O)N(CC(=O)Nc1ccccc1)c1ccccc1F. The van der Waals surface area contributed by atoms with Crippen molar-refractivity contribution < 1.29 is 17.6 Å². The van der Waals surface area contributed by atoms with Crippen molar-refractivity contribution in [2.75, 3.05) is 30.3 Å². The van der Waals surface area contributed by atoms with Crippen LogP contribution in [0, 0.1) is 5.82 Å². The minimum absolute atomic E-state index is 0.186. The van der Waals surface area contributed by atoms with Gasteiger partial charge >= 0.3 is 10.2 Å². The molecule has 0 spiro atoms. The summed E-state index contributed by atoms with van der Waals surface area (Å²) in [5.41, 5.74) is 0.340. The van der Waals surface area contributed by atoms with E-state index in [-0.39, 0.29) is 5.69 Å². The standard InChI is InChI=1S/C16H18FN3O3S/c1-19(2)24(22,23)20(15-11-7-6-10-14(15)17)12-16(21)18-13-8-4-3-5-9-13/h3-11H,12H2,1-2H3,(H,18,21). The lowest BCUT2D eigenvalue weighted by molar-refractivity contribution is -0.114. The molecule has 128 valence electrons. The van der Waals surface area contributed by atoms with E-state index in [9.17, 15) is 17.6 Å². The maximum atomic E-state index is 14.1. The highest BCUT2D eigenvalue weighted by atomic mass is 32.2. The van der Waals surface area contributed by atoms with Crippen LogP contribution >= 0.6 is 0 Å². The molecule has 2 aromatic rings. The maximum absolute atomic E-state index is 14.1. The van der Waals surface area contributed by atoms with Crippen molar-refractivity contribution in [1.82, 2.24) is 4.31 Å². The van der Waals surface area contributed by atoms with Gasteiger partial charge in [0.25, 0.3) is 0 Å². The van der Waals surface area contributed by atoms with Gasteiger partial charge in [-0.3, -0.25) is 4.79 Å². The molecule has 0 aromatic heterocycles. The molecule has 1 N–H and O–H groups in total. The average Bonchev–Trinajstić information content (AvgIpc) is 2.54. The zero-order chi connectivity index (χ0) is 17.7. The van der Waals surface area contributed by atoms with Gasteiger partial charge in [-0.1, -0.05) is 30.3 Å². The predicted molar refractivity (Wildman–Crippen MR) is 91.4 cm³/mol. The summed E-state index contributed by atoms with van der Waals surface area (Å²) < 4.78 is 40.7. The Labute approximate surface area is 140 Å². The first-order chi connectivity index (χ1) is 11.3. The van der Waals surface area contributed by atoms with E-state index in [0.717, 1.165) is 14.7 Å². The van der Waals surface area contributed by atoms with E-state index in [1.54, 1.807) is 30.3 Å². The fourth-order valence-corrected chi connectivity index (χ4v) is 3.07. The Morgan fingerprint density at radius 1 is 1.04 bits per heavy atom. The molecule has 0 aliphatic rings. The lowest BCUT2D eigenvalue weighted by Crippen LogP contribution is -2.44. The van der Waals surface area contributed by atoms with Crippen LogP contribution < -0.4 is 9.62 Å². The number of benzene rings is 2. The quantitative estimate of drug-likeness (QED) is 0.866. The van der Waals surface area contributed by atoms with Gasteiger partial charge in [0.2, 0.25) is 5.91 Å². The second-order valence-electron chi connectivity index (χ2n) is 5.16. The smallest absolute Gasteiger partial charge is 0.304 e. The number of rotatable bonds is 6. The van der Waals surface area contributed by atoms with Crippen molar-refractivity contribution in [3.8, 4) is 0 Å². The highest BCUT2D eigenvalue weighted by Gasteiger charge is 2.29. The molecule has 0 unspecified atom stereocenters. The van der Waals surface area contributed by atoms with Crippen LogP contribution in [0.2, 0.25) is 0 Å². The summed E-state index contributed by atoms with van der Waals surface area (Å²) in [6.45, 7) is -0.545. The van der Waals surface area contributed by atoms with Gasteiger partial charge in [0, 0.05) is 19.8 Å². The summed E-state index contributed by atoms with van der Waals surface area (Å²) in [5.74, 6) is -1.30. The van der Waals surface area contributed by atoms with Gasteiger partial charge in [-0.2, -0.15) is 12.7 Å². The van der Waals surface area contributed by atoms with E-state index in [0.29, 0.717) is 5.69 Å². The molecule has 0 aliphatic carbocycles. The van der Waals surface area contributed by atoms with Crippen LogP contribution in [0.1, 0.15) is 0 Å². The lowest BCUT2D eigenvalue weighted by atomic mass is 10.3. The third-order valence-corrected chi connectivity index (χ3v) is 5.01. The summed E-state index contributed by atoms with van der Waals surface area (Å²) in [6, 6.07) is 14.0. The molecule has 0 aliphatic heterocycles. The summed E-state index contributed by atoms with van der Waals surface area (Å²) in [7, 11) is -1.40. The van der Waals surface area contributed by atoms with Crippen molar-refractivity contribution in [3.63, 3.8) is 0 Å². The number of hydrogen-bond donors (Lipinski definition) is 1. The van der Waals surface area contributed by atoms with E-state index in [2.05, 4.69) is 5.32 Å². The summed E-state index contributed by atoms with van der Waals surface area (Å²) >= 11 is 0. The molecule has 1 amide bonds. The second kappa shape index (κ2) is 7.41. The lowest BCUT2D eigenvalue weighted by Gasteiger charge is -2.27. The summed E-state index contributed by atoms with van der Waals surface area (Å²) in [6.07, 6.45) is 0. The number of nitrogens with one attached hydrogen (secondary N) is 1. The normalized spacial score (nSPS) is 11.3. The third-order valence-electron chi connectivity index (χ3n) is 3.21. The Balaban J connectivity index is 2.30. The van der Waals surface area contributed by atoms with E-state index >= 15 is 0 Å². The number of nitrogens with zero attached hydrogens (tertiary/aromatic N) is 2. The number of para-hydroxylation sites is 2. The van der Waals surface area contributed by atoms with Crippen LogP contribution in [-0.2, 0) is 15.0 Å². The van der Waals surface area contributed by atoms with Gasteiger partial charge in [0.05, 0.1) is 5.69 Å². The van der Waals surface area contributed by atoms with Crippen LogP contribution in [0.5, 0.6) is 0 Å². The minimum atomic E-state index is -4.04. The van der Waals surface area contributed by atoms with E-state index in [4.69, 9.17) is 0 Å². The molecule has 0 fully saturated rings. The first kappa shape index (κ1) is 17.9. The number of halogens is 1. The van der Waals surface area contributed by atoms with Crippen molar-refractivity contribution in [3.05, 3.63) is 60.4 Å². The Kier molecular flexibility index (Phi) is 5.53. The molecule has 0 saturated carbocycles. The van der Waals surface area contributed by atoms with Crippen LogP contribution in [0.4, 0.5) is 15.8 Å². The van der Waals surface area contributed by atoms with Crippen LogP contribution in [0.25, 0.3) is 0 Å². The van der Waals surface area contributed by atoms with Crippen molar-refractivity contribution in [1.29, 1.82) is 0 Å². The van der Waals surface area contributed by atoms with Gasteiger partial charge < -0.3 is 5.32 Å². The molecule has 0 atom stereocenters. The molecule has 6 nitrogen and oxygen atoms in total. The van der Waals surface area contributed by atoms with Gasteiger partial charge in [-0.25, -0.2) is 8.70 Å². The van der Waals surface area contributed by atoms with E-state index < -0.39 is 28.5 Å². The molecule has 0 saturated heterocycles. The Hall–Kier alpha value is -2.45. The molecule has 0 radical (unpaired) electrons. The first-order valence-electron chi connectivity index (χ1n) is 7.12. The van der Waals surface area contributed by atoms with Crippen LogP contribution in [0.3, 0.4) is 0 Å². The van der Waals surface area contributed by atoms with Gasteiger partial charge in [-0.05, 0) is 24.3 Å². The molecule has 24 heavy (non-hydrogen) atoms. The topological polar surface area (TPSA) is 69.7 Å². The molecule has 0 heterocycles. The average molecular weight is 351 g/mol. The Morgan fingerprint density at radius 2 is 1.62 bits per heavy atom. The number of carbonyl (C=O) groups is 1. The van der Waals surface area contributed by atoms with Gasteiger partial charge in [0.15, 0.2) is 0 Å². The zero-order valence-electron chi connectivity index (χ0n) is 13.3. The molecular weight excluding hydrogens is 333 g/mol. The summed E-state index contributed by atoms with van der Waals surface area (Å²) in [4.78, 5) is 12.2. The van der Waals surface area contributed by atoms with Crippen LogP contribution in [-0.4, -0.2) is 39.3 Å². The summed E-state index contributed by atoms with van der Waals surface area (Å²) in [5, 5.41) is 2.59. The van der Waals surface area contributed by atoms with E-state index in [1.165, 1.54) is 32.3 Å². The predicted octanol–water partition coefficient (Wildman–Crippen LogP) is 2.08. The zero-order valence-corrected chi connectivity index (χ0v) is 14.1. The Bertz CT molecular complexity index is 810. The fraction of sp³-hybridized carbons (Fsp3) is 0.188. The van der Waals surface area contributed by atoms with Crippen molar-refractivity contribution in [2.24, 2.45) is 0 Å². The maximum Gasteiger partial charge on any atom is 0.304 e. The molecule has 8 heteroatoms. The number of hydrogen-bond acceptors (Lipinski definition) is 3. The monoisotopic (exact) mass is 351 g/mol. The van der Waals surface area contributed by atoms with Crippen molar-refractivity contribution >= 4 is 27.5 Å². The highest BCUT2D eigenvalue weighted by Crippen LogP contribution is 2.23. The second-order valence-corrected chi connectivity index (χ2v) is 7.23. The van der Waals surface area contributed by atoms with Gasteiger partial charge in [0.1, 0.15) is 12.4 Å². The number of amides is 1. The molecule has 2 aromatic carbocycles. The minimum Gasteiger partial charge on any atom is -0.325 e. The van der Waals surface area contributed by atoms with Crippen LogP contribution in [0.15, 0.2) is 54.6 Å².